The lowest BCUT2D eigenvalue weighted by Crippen LogP contribution is -2.39. The van der Waals surface area contributed by atoms with Gasteiger partial charge in [0.2, 0.25) is 17.6 Å². The summed E-state index contributed by atoms with van der Waals surface area (Å²) in [6, 6.07) is 9.95. The lowest BCUT2D eigenvalue weighted by atomic mass is 9.80. The summed E-state index contributed by atoms with van der Waals surface area (Å²) in [6.07, 6.45) is 6.69. The molecule has 5 rings (SSSR count). The molecule has 130 valence electrons. The first kappa shape index (κ1) is 15.1. The zero-order chi connectivity index (χ0) is 16.9. The Morgan fingerprint density at radius 3 is 2.76 bits per heavy atom. The van der Waals surface area contributed by atoms with Gasteiger partial charge in [-0.1, -0.05) is 48.3 Å². The van der Waals surface area contributed by atoms with Crippen molar-refractivity contribution in [3.8, 4) is 11.4 Å². The summed E-state index contributed by atoms with van der Waals surface area (Å²) in [5.74, 6) is 2.46. The van der Waals surface area contributed by atoms with Crippen molar-refractivity contribution in [3.05, 3.63) is 36.2 Å². The second-order valence-corrected chi connectivity index (χ2v) is 7.88. The predicted molar refractivity (Wildman–Crippen MR) is 92.7 cm³/mol. The van der Waals surface area contributed by atoms with Crippen LogP contribution in [0.25, 0.3) is 11.4 Å². The number of aromatic nitrogens is 2. The molecule has 2 aromatic rings. The quantitative estimate of drug-likeness (QED) is 0.861. The molecule has 5 nitrogen and oxygen atoms in total. The minimum Gasteiger partial charge on any atom is -0.341 e. The molecule has 2 atom stereocenters. The van der Waals surface area contributed by atoms with E-state index in [1.807, 2.05) is 30.3 Å². The Morgan fingerprint density at radius 1 is 1.16 bits per heavy atom. The second-order valence-electron chi connectivity index (χ2n) is 7.88. The van der Waals surface area contributed by atoms with Crippen molar-refractivity contribution >= 4 is 5.91 Å². The summed E-state index contributed by atoms with van der Waals surface area (Å²) in [6.45, 7) is 1.61. The van der Waals surface area contributed by atoms with Gasteiger partial charge < -0.3 is 9.42 Å². The van der Waals surface area contributed by atoms with E-state index >= 15 is 0 Å². The van der Waals surface area contributed by atoms with E-state index in [4.69, 9.17) is 9.51 Å². The molecule has 1 amide bonds. The Kier molecular flexibility index (Phi) is 3.43. The average molecular weight is 337 g/mol. The first-order valence-corrected chi connectivity index (χ1v) is 9.45. The number of carbonyl (C=O) groups is 1. The van der Waals surface area contributed by atoms with Gasteiger partial charge in [-0.25, -0.2) is 0 Å². The van der Waals surface area contributed by atoms with Crippen LogP contribution in [0.3, 0.4) is 0 Å². The van der Waals surface area contributed by atoms with Crippen LogP contribution < -0.4 is 0 Å². The number of benzene rings is 1. The van der Waals surface area contributed by atoms with Crippen LogP contribution in [0.2, 0.25) is 0 Å². The summed E-state index contributed by atoms with van der Waals surface area (Å²) >= 11 is 0. The molecule has 0 bridgehead atoms. The summed E-state index contributed by atoms with van der Waals surface area (Å²) in [4.78, 5) is 19.6. The first-order chi connectivity index (χ1) is 12.3. The van der Waals surface area contributed by atoms with Crippen LogP contribution in [0.5, 0.6) is 0 Å². The van der Waals surface area contributed by atoms with E-state index < -0.39 is 0 Å². The predicted octanol–water partition coefficient (Wildman–Crippen LogP) is 3.42. The second kappa shape index (κ2) is 5.68. The van der Waals surface area contributed by atoms with Crippen molar-refractivity contribution in [1.82, 2.24) is 15.0 Å². The summed E-state index contributed by atoms with van der Waals surface area (Å²) in [7, 11) is 0. The Hall–Kier alpha value is -2.17. The molecule has 2 aliphatic carbocycles. The van der Waals surface area contributed by atoms with E-state index in [9.17, 15) is 4.79 Å². The Bertz CT molecular complexity index is 783. The van der Waals surface area contributed by atoms with Gasteiger partial charge in [0.25, 0.3) is 0 Å². The molecule has 1 aromatic heterocycles. The Labute approximate surface area is 147 Å². The van der Waals surface area contributed by atoms with Crippen LogP contribution in [0.15, 0.2) is 34.9 Å². The largest absolute Gasteiger partial charge is 0.341 e. The van der Waals surface area contributed by atoms with Crippen LogP contribution in [0.1, 0.15) is 44.4 Å². The highest BCUT2D eigenvalue weighted by Gasteiger charge is 2.55. The molecule has 3 fully saturated rings. The van der Waals surface area contributed by atoms with E-state index in [0.717, 1.165) is 50.2 Å². The maximum absolute atomic E-state index is 12.7. The number of amides is 1. The molecule has 0 radical (unpaired) electrons. The molecule has 0 unspecified atom stereocenters. The molecule has 0 spiro atoms. The fraction of sp³-hybridized carbons (Fsp3) is 0.550. The molecule has 2 heterocycles. The van der Waals surface area contributed by atoms with Crippen LogP contribution in [-0.4, -0.2) is 34.0 Å². The molecule has 2 saturated carbocycles. The smallest absolute Gasteiger partial charge is 0.235 e. The molecular formula is C20H23N3O2. The molecule has 1 saturated heterocycles. The zero-order valence-electron chi connectivity index (χ0n) is 14.4. The van der Waals surface area contributed by atoms with Gasteiger partial charge in [-0.15, -0.1) is 0 Å². The number of hydrogen-bond acceptors (Lipinski definition) is 4. The molecule has 3 aliphatic rings. The number of fused-ring (bicyclic) bond motifs is 1. The number of hydrogen-bond donors (Lipinski definition) is 0. The molecule has 0 N–H and O–H groups in total. The Balaban J connectivity index is 1.43. The SMILES string of the molecule is O=C(C1CCC1)N1C[C@H]2CCC[C@@]2(c2nc(-c3ccccc3)no2)C1. The lowest BCUT2D eigenvalue weighted by molar-refractivity contribution is -0.137. The van der Waals surface area contributed by atoms with E-state index in [0.29, 0.717) is 17.6 Å². The third kappa shape index (κ3) is 2.32. The molecule has 1 aliphatic heterocycles. The number of likely N-dealkylation sites (tertiary alicyclic amines) is 1. The zero-order valence-corrected chi connectivity index (χ0v) is 14.4. The fourth-order valence-electron chi connectivity index (χ4n) is 4.85. The maximum Gasteiger partial charge on any atom is 0.235 e. The normalized spacial score (nSPS) is 28.8. The monoisotopic (exact) mass is 337 g/mol. The van der Waals surface area contributed by atoms with Crippen molar-refractivity contribution in [3.63, 3.8) is 0 Å². The summed E-state index contributed by atoms with van der Waals surface area (Å²) in [5, 5.41) is 4.23. The van der Waals surface area contributed by atoms with E-state index in [-0.39, 0.29) is 11.3 Å². The maximum atomic E-state index is 12.7. The number of rotatable bonds is 3. The van der Waals surface area contributed by atoms with Crippen molar-refractivity contribution in [2.75, 3.05) is 13.1 Å². The molecule has 25 heavy (non-hydrogen) atoms. The minimum atomic E-state index is -0.126. The first-order valence-electron chi connectivity index (χ1n) is 9.45. The third-order valence-corrected chi connectivity index (χ3v) is 6.52. The Morgan fingerprint density at radius 2 is 2.00 bits per heavy atom. The van der Waals surface area contributed by atoms with Gasteiger partial charge in [-0.2, -0.15) is 4.98 Å². The van der Waals surface area contributed by atoms with Gasteiger partial charge in [0.15, 0.2) is 0 Å². The minimum absolute atomic E-state index is 0.126. The van der Waals surface area contributed by atoms with Crippen LogP contribution in [-0.2, 0) is 10.2 Å². The van der Waals surface area contributed by atoms with Crippen molar-refractivity contribution in [2.24, 2.45) is 11.8 Å². The van der Waals surface area contributed by atoms with Gasteiger partial charge >= 0.3 is 0 Å². The van der Waals surface area contributed by atoms with Crippen LogP contribution in [0, 0.1) is 11.8 Å². The molecule has 1 aromatic carbocycles. The fourth-order valence-corrected chi connectivity index (χ4v) is 4.85. The van der Waals surface area contributed by atoms with Gasteiger partial charge in [-0.05, 0) is 31.6 Å². The van der Waals surface area contributed by atoms with E-state index in [1.165, 1.54) is 12.8 Å². The lowest BCUT2D eigenvalue weighted by Gasteiger charge is -2.30. The van der Waals surface area contributed by atoms with Gasteiger partial charge in [-0.3, -0.25) is 4.79 Å². The average Bonchev–Trinajstić information content (AvgIpc) is 3.27. The van der Waals surface area contributed by atoms with E-state index in [2.05, 4.69) is 10.1 Å². The highest BCUT2D eigenvalue weighted by atomic mass is 16.5. The van der Waals surface area contributed by atoms with E-state index in [1.54, 1.807) is 0 Å². The van der Waals surface area contributed by atoms with Crippen LogP contribution in [0.4, 0.5) is 0 Å². The standard InChI is InChI=1S/C20H23N3O2/c24-18(15-8-4-9-15)23-12-16-10-5-11-20(16,13-23)19-21-17(22-25-19)14-6-2-1-3-7-14/h1-3,6-7,15-16H,4-5,8-13H2/t16-,20-/m1/s1. The molecule has 5 heteroatoms. The van der Waals surface area contributed by atoms with Gasteiger partial charge in [0, 0.05) is 24.6 Å². The van der Waals surface area contributed by atoms with Gasteiger partial charge in [0.05, 0.1) is 5.41 Å². The van der Waals surface area contributed by atoms with Gasteiger partial charge in [0.1, 0.15) is 0 Å². The summed E-state index contributed by atoms with van der Waals surface area (Å²) < 4.78 is 5.74. The topological polar surface area (TPSA) is 59.2 Å². The van der Waals surface area contributed by atoms with Crippen molar-refractivity contribution in [2.45, 2.75) is 43.9 Å². The highest BCUT2D eigenvalue weighted by molar-refractivity contribution is 5.80. The number of nitrogens with zero attached hydrogens (tertiary/aromatic N) is 3. The van der Waals surface area contributed by atoms with Crippen molar-refractivity contribution in [1.29, 1.82) is 0 Å². The van der Waals surface area contributed by atoms with Crippen molar-refractivity contribution < 1.29 is 9.32 Å². The highest BCUT2D eigenvalue weighted by Crippen LogP contribution is 2.50. The van der Waals surface area contributed by atoms with Crippen LogP contribution >= 0.6 is 0 Å². The molecular weight excluding hydrogens is 314 g/mol. The third-order valence-electron chi connectivity index (χ3n) is 6.52. The summed E-state index contributed by atoms with van der Waals surface area (Å²) in [5.41, 5.74) is 0.850. The number of carbonyl (C=O) groups excluding carboxylic acids is 1.